The molecule has 5 heteroatoms. The number of halogens is 2. The van der Waals surface area contributed by atoms with E-state index in [9.17, 15) is 4.39 Å². The molecule has 0 amide bonds. The first-order valence-corrected chi connectivity index (χ1v) is 8.28. The first-order chi connectivity index (χ1) is 12.2. The number of anilines is 1. The summed E-state index contributed by atoms with van der Waals surface area (Å²) in [4.78, 5) is 0. The Morgan fingerprint density at radius 1 is 0.880 bits per heavy atom. The number of nitrogens with one attached hydrogen (secondary N) is 2. The molecule has 3 nitrogen and oxygen atoms in total. The molecular weight excluding hydrogens is 339 g/mol. The number of benzene rings is 3. The molecule has 3 rings (SSSR count). The van der Waals surface area contributed by atoms with Crippen LogP contribution in [0.1, 0.15) is 11.1 Å². The van der Waals surface area contributed by atoms with Crippen LogP contribution >= 0.6 is 11.6 Å². The number of ether oxygens (including phenoxy) is 1. The minimum absolute atomic E-state index is 0.105. The fourth-order valence-corrected chi connectivity index (χ4v) is 2.47. The third-order valence-electron chi connectivity index (χ3n) is 3.61. The summed E-state index contributed by atoms with van der Waals surface area (Å²) in [6.45, 7) is 1.02. The van der Waals surface area contributed by atoms with Gasteiger partial charge in [0.15, 0.2) is 0 Å². The summed E-state index contributed by atoms with van der Waals surface area (Å²) in [6.07, 6.45) is 0. The van der Waals surface area contributed by atoms with E-state index in [0.29, 0.717) is 13.2 Å². The molecule has 0 aliphatic carbocycles. The highest BCUT2D eigenvalue weighted by atomic mass is 35.5. The van der Waals surface area contributed by atoms with E-state index >= 15 is 0 Å². The lowest BCUT2D eigenvalue weighted by atomic mass is 10.2. The van der Waals surface area contributed by atoms with Gasteiger partial charge in [-0.1, -0.05) is 48.0 Å². The average Bonchev–Trinajstić information content (AvgIpc) is 2.65. The lowest BCUT2D eigenvalue weighted by Crippen LogP contribution is -2.20. The second-order valence-electron chi connectivity index (χ2n) is 5.53. The van der Waals surface area contributed by atoms with Crippen molar-refractivity contribution >= 4 is 17.3 Å². The van der Waals surface area contributed by atoms with E-state index in [1.165, 1.54) is 6.07 Å². The highest BCUT2D eigenvalue weighted by Crippen LogP contribution is 2.18. The van der Waals surface area contributed by atoms with Gasteiger partial charge < -0.3 is 10.2 Å². The predicted octanol–water partition coefficient (Wildman–Crippen LogP) is 5.17. The second-order valence-corrected chi connectivity index (χ2v) is 5.93. The Bertz CT molecular complexity index is 810. The van der Waals surface area contributed by atoms with Gasteiger partial charge >= 0.3 is 0 Å². The molecule has 0 aliphatic rings. The zero-order chi connectivity index (χ0) is 17.5. The Morgan fingerprint density at radius 3 is 2.32 bits per heavy atom. The van der Waals surface area contributed by atoms with Crippen molar-refractivity contribution in [1.29, 1.82) is 0 Å². The first kappa shape index (κ1) is 17.3. The molecule has 0 aromatic heterocycles. The van der Waals surface area contributed by atoms with Gasteiger partial charge in [-0.05, 0) is 47.5 Å². The van der Waals surface area contributed by atoms with Crippen LogP contribution < -0.4 is 15.6 Å². The standard InChI is InChI=1S/C20H18ClFN2O/c21-19-12-16(8-11-20(19)22)14-25-18-9-6-15(7-10-18)13-23-24-17-4-2-1-3-5-17/h1-12,23-24H,13-14H2. The van der Waals surface area contributed by atoms with Crippen molar-refractivity contribution in [3.8, 4) is 5.75 Å². The molecular formula is C20H18ClFN2O. The smallest absolute Gasteiger partial charge is 0.141 e. The molecule has 25 heavy (non-hydrogen) atoms. The van der Waals surface area contributed by atoms with E-state index in [1.54, 1.807) is 12.1 Å². The van der Waals surface area contributed by atoms with Crippen LogP contribution in [0.4, 0.5) is 10.1 Å². The Kier molecular flexibility index (Phi) is 5.88. The van der Waals surface area contributed by atoms with Crippen molar-refractivity contribution in [3.05, 3.63) is 94.8 Å². The highest BCUT2D eigenvalue weighted by Gasteiger charge is 2.02. The van der Waals surface area contributed by atoms with Gasteiger partial charge in [-0.3, -0.25) is 0 Å². The van der Waals surface area contributed by atoms with Gasteiger partial charge in [0.1, 0.15) is 18.2 Å². The summed E-state index contributed by atoms with van der Waals surface area (Å²) >= 11 is 5.77. The predicted molar refractivity (Wildman–Crippen MR) is 99.1 cm³/mol. The molecule has 128 valence electrons. The monoisotopic (exact) mass is 356 g/mol. The molecule has 0 bridgehead atoms. The van der Waals surface area contributed by atoms with Crippen molar-refractivity contribution in [2.24, 2.45) is 0 Å². The van der Waals surface area contributed by atoms with Crippen LogP contribution in [0, 0.1) is 5.82 Å². The SMILES string of the molecule is Fc1ccc(COc2ccc(CNNc3ccccc3)cc2)cc1Cl. The maximum absolute atomic E-state index is 13.1. The molecule has 0 saturated heterocycles. The topological polar surface area (TPSA) is 33.3 Å². The molecule has 0 atom stereocenters. The highest BCUT2D eigenvalue weighted by molar-refractivity contribution is 6.30. The van der Waals surface area contributed by atoms with Crippen LogP contribution in [-0.2, 0) is 13.2 Å². The van der Waals surface area contributed by atoms with E-state index in [1.807, 2.05) is 54.6 Å². The summed E-state index contributed by atoms with van der Waals surface area (Å²) in [5.74, 6) is 0.326. The Morgan fingerprint density at radius 2 is 1.60 bits per heavy atom. The first-order valence-electron chi connectivity index (χ1n) is 7.90. The molecule has 0 aliphatic heterocycles. The molecule has 0 spiro atoms. The van der Waals surface area contributed by atoms with Crippen molar-refractivity contribution < 1.29 is 9.13 Å². The van der Waals surface area contributed by atoms with E-state index in [-0.39, 0.29) is 5.02 Å². The van der Waals surface area contributed by atoms with Crippen molar-refractivity contribution in [3.63, 3.8) is 0 Å². The van der Waals surface area contributed by atoms with Crippen LogP contribution in [-0.4, -0.2) is 0 Å². The maximum Gasteiger partial charge on any atom is 0.141 e. The Hall–Kier alpha value is -2.56. The number of rotatable bonds is 7. The number of hydrogen-bond acceptors (Lipinski definition) is 3. The largest absolute Gasteiger partial charge is 0.489 e. The summed E-state index contributed by atoms with van der Waals surface area (Å²) in [7, 11) is 0. The zero-order valence-corrected chi connectivity index (χ0v) is 14.3. The summed E-state index contributed by atoms with van der Waals surface area (Å²) < 4.78 is 18.8. The van der Waals surface area contributed by atoms with Crippen LogP contribution in [0.15, 0.2) is 72.8 Å². The molecule has 3 aromatic carbocycles. The fourth-order valence-electron chi connectivity index (χ4n) is 2.27. The average molecular weight is 357 g/mol. The molecule has 0 radical (unpaired) electrons. The third kappa shape index (κ3) is 5.21. The zero-order valence-electron chi connectivity index (χ0n) is 13.5. The summed E-state index contributed by atoms with van der Waals surface area (Å²) in [5.41, 5.74) is 9.27. The number of para-hydroxylation sites is 1. The van der Waals surface area contributed by atoms with Gasteiger partial charge in [0.05, 0.1) is 5.02 Å². The Labute approximate surface area is 151 Å². The molecule has 3 aromatic rings. The van der Waals surface area contributed by atoms with Crippen molar-refractivity contribution in [2.75, 3.05) is 5.43 Å². The van der Waals surface area contributed by atoms with Gasteiger partial charge in [-0.25, -0.2) is 9.82 Å². The van der Waals surface area contributed by atoms with Gasteiger partial charge in [-0.2, -0.15) is 0 Å². The van der Waals surface area contributed by atoms with Crippen molar-refractivity contribution in [2.45, 2.75) is 13.2 Å². The minimum atomic E-state index is -0.425. The van der Waals surface area contributed by atoms with Crippen LogP contribution in [0.25, 0.3) is 0 Å². The molecule has 0 unspecified atom stereocenters. The molecule has 0 saturated carbocycles. The van der Waals surface area contributed by atoms with E-state index < -0.39 is 5.82 Å². The van der Waals surface area contributed by atoms with Gasteiger partial charge in [0.25, 0.3) is 0 Å². The molecule has 0 fully saturated rings. The molecule has 0 heterocycles. The van der Waals surface area contributed by atoms with Crippen LogP contribution in [0.5, 0.6) is 5.75 Å². The lowest BCUT2D eigenvalue weighted by Gasteiger charge is -2.10. The normalized spacial score (nSPS) is 10.5. The summed E-state index contributed by atoms with van der Waals surface area (Å²) in [6, 6.07) is 22.3. The van der Waals surface area contributed by atoms with Crippen molar-refractivity contribution in [1.82, 2.24) is 5.43 Å². The maximum atomic E-state index is 13.1. The minimum Gasteiger partial charge on any atom is -0.489 e. The van der Waals surface area contributed by atoms with Crippen LogP contribution in [0.3, 0.4) is 0 Å². The third-order valence-corrected chi connectivity index (χ3v) is 3.90. The second kappa shape index (κ2) is 8.51. The van der Waals surface area contributed by atoms with Crippen LogP contribution in [0.2, 0.25) is 5.02 Å². The van der Waals surface area contributed by atoms with Gasteiger partial charge in [0, 0.05) is 12.2 Å². The number of hydrogen-bond donors (Lipinski definition) is 2. The van der Waals surface area contributed by atoms with E-state index in [4.69, 9.17) is 16.3 Å². The summed E-state index contributed by atoms with van der Waals surface area (Å²) in [5, 5.41) is 0.105. The van der Waals surface area contributed by atoms with Gasteiger partial charge in [0.2, 0.25) is 0 Å². The van der Waals surface area contributed by atoms with E-state index in [2.05, 4.69) is 10.9 Å². The molecule has 2 N–H and O–H groups in total. The van der Waals surface area contributed by atoms with Gasteiger partial charge in [-0.15, -0.1) is 0 Å². The van der Waals surface area contributed by atoms with E-state index in [0.717, 1.165) is 22.6 Å². The quantitative estimate of drug-likeness (QED) is 0.572. The number of hydrazine groups is 1. The Balaban J connectivity index is 1.47. The lowest BCUT2D eigenvalue weighted by molar-refractivity contribution is 0.306. The fraction of sp³-hybridized carbons (Fsp3) is 0.100.